The van der Waals surface area contributed by atoms with Gasteiger partial charge in [0.2, 0.25) is 0 Å². The van der Waals surface area contributed by atoms with E-state index in [4.69, 9.17) is 9.47 Å². The molecule has 0 fully saturated rings. The van der Waals surface area contributed by atoms with Gasteiger partial charge >= 0.3 is 5.97 Å². The number of aryl methyl sites for hydroxylation is 3. The molecule has 2 heterocycles. The lowest BCUT2D eigenvalue weighted by Gasteiger charge is -2.08. The zero-order valence-corrected chi connectivity index (χ0v) is 16.6. The van der Waals surface area contributed by atoms with Gasteiger partial charge in [0.1, 0.15) is 34.6 Å². The van der Waals surface area contributed by atoms with Crippen molar-refractivity contribution in [2.75, 3.05) is 19.0 Å². The maximum atomic E-state index is 12.0. The topological polar surface area (TPSA) is 61.3 Å². The first-order chi connectivity index (χ1) is 12.5. The molecule has 2 aromatic heterocycles. The van der Waals surface area contributed by atoms with Gasteiger partial charge in [-0.05, 0) is 38.5 Å². The maximum Gasteiger partial charge on any atom is 0.316 e. The fourth-order valence-corrected chi connectivity index (χ4v) is 4.49. The highest BCUT2D eigenvalue weighted by atomic mass is 32.2. The van der Waals surface area contributed by atoms with E-state index in [0.717, 1.165) is 21.0 Å². The van der Waals surface area contributed by atoms with Crippen molar-refractivity contribution in [3.63, 3.8) is 0 Å². The third-order valence-electron chi connectivity index (χ3n) is 3.79. The number of benzene rings is 1. The fourth-order valence-electron chi connectivity index (χ4n) is 2.42. The monoisotopic (exact) mass is 388 g/mol. The second kappa shape index (κ2) is 8.51. The van der Waals surface area contributed by atoms with Crippen molar-refractivity contribution >= 4 is 39.3 Å². The summed E-state index contributed by atoms with van der Waals surface area (Å²) in [7, 11) is 0. The largest absolute Gasteiger partial charge is 0.490 e. The number of rotatable bonds is 7. The molecular formula is C19H20N2O3S2. The Balaban J connectivity index is 1.52. The van der Waals surface area contributed by atoms with Gasteiger partial charge in [-0.15, -0.1) is 11.3 Å². The Morgan fingerprint density at radius 3 is 2.65 bits per heavy atom. The Hall–Kier alpha value is -2.12. The van der Waals surface area contributed by atoms with Gasteiger partial charge < -0.3 is 9.47 Å². The third kappa shape index (κ3) is 4.53. The number of nitrogens with zero attached hydrogens (tertiary/aromatic N) is 2. The second-order valence-electron chi connectivity index (χ2n) is 5.71. The van der Waals surface area contributed by atoms with Gasteiger partial charge in [-0.3, -0.25) is 4.79 Å². The van der Waals surface area contributed by atoms with Crippen LogP contribution in [0.4, 0.5) is 0 Å². The molecule has 0 spiro atoms. The highest BCUT2D eigenvalue weighted by molar-refractivity contribution is 8.00. The molecular weight excluding hydrogens is 368 g/mol. The number of thiophene rings is 1. The molecule has 3 aromatic rings. The summed E-state index contributed by atoms with van der Waals surface area (Å²) in [5, 5.41) is 1.88. The Kier molecular flexibility index (Phi) is 6.11. The molecule has 0 unspecified atom stereocenters. The smallest absolute Gasteiger partial charge is 0.316 e. The van der Waals surface area contributed by atoms with Crippen molar-refractivity contribution in [3.8, 4) is 5.75 Å². The fraction of sp³-hybridized carbons (Fsp3) is 0.316. The number of hydrogen-bond donors (Lipinski definition) is 0. The molecule has 0 atom stereocenters. The van der Waals surface area contributed by atoms with Crippen LogP contribution in [-0.2, 0) is 9.53 Å². The number of para-hydroxylation sites is 1. The summed E-state index contributed by atoms with van der Waals surface area (Å²) in [6.45, 7) is 6.57. The summed E-state index contributed by atoms with van der Waals surface area (Å²) in [6.07, 6.45) is 0. The number of carbonyl (C=O) groups excluding carboxylic acids is 1. The second-order valence-corrected chi connectivity index (χ2v) is 7.88. The van der Waals surface area contributed by atoms with E-state index in [1.54, 1.807) is 11.3 Å². The van der Waals surface area contributed by atoms with Crippen LogP contribution in [0.3, 0.4) is 0 Å². The number of carbonyl (C=O) groups is 1. The van der Waals surface area contributed by atoms with Crippen LogP contribution >= 0.6 is 23.1 Å². The van der Waals surface area contributed by atoms with Crippen molar-refractivity contribution in [1.29, 1.82) is 0 Å². The van der Waals surface area contributed by atoms with Crippen LogP contribution in [0, 0.1) is 20.8 Å². The minimum absolute atomic E-state index is 0.214. The number of ether oxygens (including phenoxy) is 2. The van der Waals surface area contributed by atoms with Gasteiger partial charge in [-0.1, -0.05) is 30.0 Å². The molecule has 3 rings (SSSR count). The maximum absolute atomic E-state index is 12.0. The Labute approximate surface area is 160 Å². The van der Waals surface area contributed by atoms with Crippen molar-refractivity contribution in [3.05, 3.63) is 46.6 Å². The summed E-state index contributed by atoms with van der Waals surface area (Å²) in [4.78, 5) is 23.2. The minimum Gasteiger partial charge on any atom is -0.490 e. The summed E-state index contributed by atoms with van der Waals surface area (Å²) in [5.41, 5.74) is 1.18. The van der Waals surface area contributed by atoms with Crippen LogP contribution in [-0.4, -0.2) is 34.9 Å². The molecule has 0 aliphatic carbocycles. The average molecular weight is 389 g/mol. The predicted octanol–water partition coefficient (Wildman–Crippen LogP) is 4.33. The normalized spacial score (nSPS) is 10.9. The zero-order chi connectivity index (χ0) is 18.5. The molecule has 26 heavy (non-hydrogen) atoms. The highest BCUT2D eigenvalue weighted by Gasteiger charge is 2.15. The Morgan fingerprint density at radius 2 is 1.88 bits per heavy atom. The van der Waals surface area contributed by atoms with Gasteiger partial charge in [0.15, 0.2) is 0 Å². The van der Waals surface area contributed by atoms with E-state index in [2.05, 4.69) is 23.8 Å². The van der Waals surface area contributed by atoms with Crippen LogP contribution in [0.25, 0.3) is 10.2 Å². The molecule has 0 radical (unpaired) electrons. The molecule has 0 aliphatic rings. The summed E-state index contributed by atoms with van der Waals surface area (Å²) < 4.78 is 10.7. The lowest BCUT2D eigenvalue weighted by Crippen LogP contribution is -2.13. The van der Waals surface area contributed by atoms with E-state index < -0.39 is 0 Å². The van der Waals surface area contributed by atoms with E-state index in [-0.39, 0.29) is 18.3 Å². The van der Waals surface area contributed by atoms with E-state index in [1.807, 2.05) is 37.3 Å². The number of fused-ring (bicyclic) bond motifs is 1. The van der Waals surface area contributed by atoms with Crippen molar-refractivity contribution in [2.24, 2.45) is 0 Å². The van der Waals surface area contributed by atoms with Crippen molar-refractivity contribution < 1.29 is 14.3 Å². The van der Waals surface area contributed by atoms with E-state index in [9.17, 15) is 4.79 Å². The Bertz CT molecular complexity index is 910. The highest BCUT2D eigenvalue weighted by Crippen LogP contribution is 2.35. The molecule has 1 aromatic carbocycles. The molecule has 0 N–H and O–H groups in total. The number of esters is 1. The lowest BCUT2D eigenvalue weighted by molar-refractivity contribution is -0.141. The summed E-state index contributed by atoms with van der Waals surface area (Å²) in [6, 6.07) is 9.46. The number of aromatic nitrogens is 2. The SMILES string of the molecule is Cc1nc(SCC(=O)OCCOc2ccccc2)c2c(C)c(C)sc2n1. The van der Waals surface area contributed by atoms with E-state index >= 15 is 0 Å². The quantitative estimate of drug-likeness (QED) is 0.260. The van der Waals surface area contributed by atoms with Gasteiger partial charge in [-0.2, -0.15) is 0 Å². The molecule has 0 bridgehead atoms. The first-order valence-electron chi connectivity index (χ1n) is 8.25. The van der Waals surface area contributed by atoms with Gasteiger partial charge in [0.05, 0.1) is 5.75 Å². The zero-order valence-electron chi connectivity index (χ0n) is 14.9. The van der Waals surface area contributed by atoms with Crippen molar-refractivity contribution in [1.82, 2.24) is 9.97 Å². The van der Waals surface area contributed by atoms with Gasteiger partial charge in [0, 0.05) is 10.3 Å². The van der Waals surface area contributed by atoms with Crippen LogP contribution in [0.15, 0.2) is 35.4 Å². The summed E-state index contributed by atoms with van der Waals surface area (Å²) >= 11 is 3.05. The number of hydrogen-bond acceptors (Lipinski definition) is 7. The van der Waals surface area contributed by atoms with Crippen LogP contribution in [0.2, 0.25) is 0 Å². The Morgan fingerprint density at radius 1 is 1.12 bits per heavy atom. The first kappa shape index (κ1) is 18.7. The van der Waals surface area contributed by atoms with E-state index in [0.29, 0.717) is 12.4 Å². The molecule has 136 valence electrons. The van der Waals surface area contributed by atoms with Gasteiger partial charge in [0.25, 0.3) is 0 Å². The molecule has 0 saturated carbocycles. The third-order valence-corrected chi connectivity index (χ3v) is 5.84. The standard InChI is InChI=1S/C19H20N2O3S2/c1-12-13(2)26-19-17(12)18(20-14(3)21-19)25-11-16(22)24-10-9-23-15-7-5-4-6-8-15/h4-8H,9-11H2,1-3H3. The molecule has 5 nitrogen and oxygen atoms in total. The average Bonchev–Trinajstić information content (AvgIpc) is 2.91. The minimum atomic E-state index is -0.277. The van der Waals surface area contributed by atoms with Gasteiger partial charge in [-0.25, -0.2) is 9.97 Å². The van der Waals surface area contributed by atoms with Crippen LogP contribution < -0.4 is 4.74 Å². The van der Waals surface area contributed by atoms with Crippen molar-refractivity contribution in [2.45, 2.75) is 25.8 Å². The summed E-state index contributed by atoms with van der Waals surface area (Å²) in [5.74, 6) is 1.41. The van der Waals surface area contributed by atoms with Crippen LogP contribution in [0.1, 0.15) is 16.3 Å². The molecule has 0 saturated heterocycles. The molecule has 0 amide bonds. The van der Waals surface area contributed by atoms with Crippen LogP contribution in [0.5, 0.6) is 5.75 Å². The predicted molar refractivity (Wildman–Crippen MR) is 105 cm³/mol. The van der Waals surface area contributed by atoms with E-state index in [1.165, 1.54) is 22.2 Å². The first-order valence-corrected chi connectivity index (χ1v) is 10.1. The number of thioether (sulfide) groups is 1. The lowest BCUT2D eigenvalue weighted by atomic mass is 10.2. The molecule has 0 aliphatic heterocycles. The molecule has 7 heteroatoms.